The predicted octanol–water partition coefficient (Wildman–Crippen LogP) is 2.77. The van der Waals surface area contributed by atoms with E-state index in [1.54, 1.807) is 4.68 Å². The average molecular weight is 337 g/mol. The van der Waals surface area contributed by atoms with E-state index in [-0.39, 0.29) is 17.9 Å². The van der Waals surface area contributed by atoms with E-state index >= 15 is 0 Å². The normalized spacial score (nSPS) is 20.6. The Kier molecular flexibility index (Phi) is 3.82. The van der Waals surface area contributed by atoms with Crippen LogP contribution in [0.3, 0.4) is 0 Å². The SMILES string of the molecule is CCn1c([C@H](C)NC(=O)[C@@H]2C[C@@H]2c2cnn(C)c2)nc2ccccc21. The molecule has 2 aromatic heterocycles. The van der Waals surface area contributed by atoms with Crippen LogP contribution in [0.25, 0.3) is 11.0 Å². The third kappa shape index (κ3) is 2.81. The number of nitrogens with zero attached hydrogens (tertiary/aromatic N) is 4. The number of hydrogen-bond acceptors (Lipinski definition) is 3. The van der Waals surface area contributed by atoms with Gasteiger partial charge in [0.1, 0.15) is 5.82 Å². The molecule has 0 saturated heterocycles. The molecule has 1 fully saturated rings. The maximum Gasteiger partial charge on any atom is 0.224 e. The summed E-state index contributed by atoms with van der Waals surface area (Å²) in [5.74, 6) is 1.36. The molecule has 2 heterocycles. The first kappa shape index (κ1) is 15.9. The van der Waals surface area contributed by atoms with Gasteiger partial charge in [-0.1, -0.05) is 12.1 Å². The highest BCUT2D eigenvalue weighted by atomic mass is 16.2. The van der Waals surface area contributed by atoms with Gasteiger partial charge in [-0.15, -0.1) is 0 Å². The van der Waals surface area contributed by atoms with Gasteiger partial charge < -0.3 is 9.88 Å². The van der Waals surface area contributed by atoms with Crippen LogP contribution in [0.5, 0.6) is 0 Å². The summed E-state index contributed by atoms with van der Waals surface area (Å²) in [6.07, 6.45) is 4.75. The lowest BCUT2D eigenvalue weighted by atomic mass is 10.2. The first-order chi connectivity index (χ1) is 12.1. The molecule has 0 aliphatic heterocycles. The molecule has 25 heavy (non-hydrogen) atoms. The second kappa shape index (κ2) is 6.02. The fourth-order valence-corrected chi connectivity index (χ4v) is 3.63. The molecule has 4 rings (SSSR count). The quantitative estimate of drug-likeness (QED) is 0.778. The van der Waals surface area contributed by atoms with Crippen LogP contribution >= 0.6 is 0 Å². The number of fused-ring (bicyclic) bond motifs is 1. The van der Waals surface area contributed by atoms with Crippen LogP contribution in [-0.4, -0.2) is 25.2 Å². The molecule has 0 spiro atoms. The van der Waals surface area contributed by atoms with Crippen LogP contribution in [0.4, 0.5) is 0 Å². The van der Waals surface area contributed by atoms with Crippen molar-refractivity contribution in [3.63, 3.8) is 0 Å². The molecule has 6 heteroatoms. The second-order valence-electron chi connectivity index (χ2n) is 6.83. The topological polar surface area (TPSA) is 64.7 Å². The molecular formula is C19H23N5O. The lowest BCUT2D eigenvalue weighted by Crippen LogP contribution is -2.30. The summed E-state index contributed by atoms with van der Waals surface area (Å²) in [6.45, 7) is 4.94. The van der Waals surface area contributed by atoms with Crippen LogP contribution in [0.1, 0.15) is 43.6 Å². The molecule has 6 nitrogen and oxygen atoms in total. The van der Waals surface area contributed by atoms with E-state index in [4.69, 9.17) is 4.98 Å². The van der Waals surface area contributed by atoms with Gasteiger partial charge in [0.15, 0.2) is 0 Å². The number of aromatic nitrogens is 4. The van der Waals surface area contributed by atoms with E-state index in [1.165, 1.54) is 0 Å². The van der Waals surface area contributed by atoms with Gasteiger partial charge in [0, 0.05) is 25.7 Å². The number of imidazole rings is 1. The first-order valence-electron chi connectivity index (χ1n) is 8.82. The van der Waals surface area contributed by atoms with Crippen molar-refractivity contribution in [1.29, 1.82) is 0 Å². The maximum absolute atomic E-state index is 12.6. The minimum absolute atomic E-state index is 0.0473. The Hall–Kier alpha value is -2.63. The fourth-order valence-electron chi connectivity index (χ4n) is 3.63. The minimum Gasteiger partial charge on any atom is -0.346 e. The number of hydrogen-bond donors (Lipinski definition) is 1. The molecule has 1 amide bonds. The summed E-state index contributed by atoms with van der Waals surface area (Å²) in [4.78, 5) is 17.4. The number of nitrogens with one attached hydrogen (secondary N) is 1. The maximum atomic E-state index is 12.6. The molecule has 1 saturated carbocycles. The molecule has 1 aromatic carbocycles. The Morgan fingerprint density at radius 1 is 1.40 bits per heavy atom. The van der Waals surface area contributed by atoms with Crippen molar-refractivity contribution in [2.75, 3.05) is 0 Å². The van der Waals surface area contributed by atoms with Crippen molar-refractivity contribution in [2.45, 2.75) is 38.8 Å². The molecule has 0 unspecified atom stereocenters. The van der Waals surface area contributed by atoms with Crippen LogP contribution in [0.15, 0.2) is 36.7 Å². The summed E-state index contributed by atoms with van der Waals surface area (Å²) in [7, 11) is 1.90. The zero-order valence-electron chi connectivity index (χ0n) is 14.8. The predicted molar refractivity (Wildman–Crippen MR) is 96.0 cm³/mol. The Morgan fingerprint density at radius 3 is 2.92 bits per heavy atom. The fraction of sp³-hybridized carbons (Fsp3) is 0.421. The summed E-state index contributed by atoms with van der Waals surface area (Å²) in [5, 5.41) is 7.35. The van der Waals surface area contributed by atoms with Gasteiger partial charge in [-0.3, -0.25) is 9.48 Å². The first-order valence-corrected chi connectivity index (χ1v) is 8.82. The van der Waals surface area contributed by atoms with Crippen molar-refractivity contribution in [3.8, 4) is 0 Å². The van der Waals surface area contributed by atoms with Gasteiger partial charge >= 0.3 is 0 Å². The Bertz CT molecular complexity index is 925. The van der Waals surface area contributed by atoms with Crippen LogP contribution in [0.2, 0.25) is 0 Å². The van der Waals surface area contributed by atoms with Crippen LogP contribution in [-0.2, 0) is 18.4 Å². The van der Waals surface area contributed by atoms with Crippen molar-refractivity contribution in [1.82, 2.24) is 24.6 Å². The Balaban J connectivity index is 1.49. The largest absolute Gasteiger partial charge is 0.346 e. The lowest BCUT2D eigenvalue weighted by molar-refractivity contribution is -0.123. The standard InChI is InChI=1S/C19H23N5O/c1-4-24-17-8-6-5-7-16(17)22-18(24)12(2)21-19(25)15-9-14(15)13-10-20-23(3)11-13/h5-8,10-12,14-15H,4,9H2,1-3H3,(H,21,25)/t12-,14+,15+/m0/s1. The van der Waals surface area contributed by atoms with E-state index in [0.29, 0.717) is 5.92 Å². The number of aryl methyl sites for hydroxylation is 2. The van der Waals surface area contributed by atoms with Crippen LogP contribution in [0, 0.1) is 5.92 Å². The van der Waals surface area contributed by atoms with Gasteiger partial charge in [-0.05, 0) is 43.9 Å². The number of carbonyl (C=O) groups excluding carboxylic acids is 1. The average Bonchev–Trinajstić information content (AvgIpc) is 3.14. The van der Waals surface area contributed by atoms with Gasteiger partial charge in [-0.2, -0.15) is 5.10 Å². The number of benzene rings is 1. The van der Waals surface area contributed by atoms with Gasteiger partial charge in [0.25, 0.3) is 0 Å². The third-order valence-corrected chi connectivity index (χ3v) is 5.03. The minimum atomic E-state index is -0.116. The zero-order valence-corrected chi connectivity index (χ0v) is 14.8. The lowest BCUT2D eigenvalue weighted by Gasteiger charge is -2.15. The molecule has 0 radical (unpaired) electrons. The van der Waals surface area contributed by atoms with E-state index in [1.807, 2.05) is 44.6 Å². The second-order valence-corrected chi connectivity index (χ2v) is 6.83. The zero-order chi connectivity index (χ0) is 17.6. The van der Waals surface area contributed by atoms with Crippen molar-refractivity contribution >= 4 is 16.9 Å². The Labute approximate surface area is 146 Å². The molecule has 3 aromatic rings. The molecule has 130 valence electrons. The number of carbonyl (C=O) groups is 1. The molecular weight excluding hydrogens is 314 g/mol. The third-order valence-electron chi connectivity index (χ3n) is 5.03. The van der Waals surface area contributed by atoms with E-state index in [2.05, 4.69) is 28.0 Å². The molecule has 1 aliphatic rings. The van der Waals surface area contributed by atoms with Crippen molar-refractivity contribution in [2.24, 2.45) is 13.0 Å². The van der Waals surface area contributed by atoms with Crippen molar-refractivity contribution in [3.05, 3.63) is 48.0 Å². The van der Waals surface area contributed by atoms with Crippen molar-refractivity contribution < 1.29 is 4.79 Å². The van der Waals surface area contributed by atoms with E-state index < -0.39 is 0 Å². The number of amides is 1. The summed E-state index contributed by atoms with van der Waals surface area (Å²) in [6, 6.07) is 7.98. The van der Waals surface area contributed by atoms with E-state index in [0.717, 1.165) is 35.4 Å². The molecule has 1 aliphatic carbocycles. The highest BCUT2D eigenvalue weighted by Gasteiger charge is 2.45. The number of para-hydroxylation sites is 2. The summed E-state index contributed by atoms with van der Waals surface area (Å²) < 4.78 is 3.96. The monoisotopic (exact) mass is 337 g/mol. The van der Waals surface area contributed by atoms with E-state index in [9.17, 15) is 4.79 Å². The summed E-state index contributed by atoms with van der Waals surface area (Å²) >= 11 is 0. The smallest absolute Gasteiger partial charge is 0.224 e. The highest BCUT2D eigenvalue weighted by molar-refractivity contribution is 5.83. The number of rotatable bonds is 5. The molecule has 1 N–H and O–H groups in total. The Morgan fingerprint density at radius 2 is 2.20 bits per heavy atom. The van der Waals surface area contributed by atoms with Gasteiger partial charge in [0.05, 0.1) is 23.3 Å². The van der Waals surface area contributed by atoms with Gasteiger partial charge in [-0.25, -0.2) is 4.98 Å². The molecule has 0 bridgehead atoms. The van der Waals surface area contributed by atoms with Gasteiger partial charge in [0.2, 0.25) is 5.91 Å². The van der Waals surface area contributed by atoms with Crippen LogP contribution < -0.4 is 5.32 Å². The summed E-state index contributed by atoms with van der Waals surface area (Å²) in [5.41, 5.74) is 3.23. The molecule has 3 atom stereocenters. The highest BCUT2D eigenvalue weighted by Crippen LogP contribution is 2.47.